The highest BCUT2D eigenvalue weighted by Crippen LogP contribution is 2.18. The van der Waals surface area contributed by atoms with Crippen molar-refractivity contribution >= 4 is 0 Å². The minimum absolute atomic E-state index is 0.141. The molecule has 1 heterocycles. The second-order valence-electron chi connectivity index (χ2n) is 4.67. The lowest BCUT2D eigenvalue weighted by Gasteiger charge is -2.34. The molecule has 1 fully saturated rings. The lowest BCUT2D eigenvalue weighted by Crippen LogP contribution is -2.41. The molecule has 1 saturated heterocycles. The molecule has 1 aliphatic rings. The minimum Gasteiger partial charge on any atom is -0.392 e. The predicted molar refractivity (Wildman–Crippen MR) is 61.5 cm³/mol. The zero-order valence-corrected chi connectivity index (χ0v) is 9.26. The number of benzene rings is 1. The Morgan fingerprint density at radius 3 is 2.67 bits per heavy atom. The maximum absolute atomic E-state index is 9.69. The van der Waals surface area contributed by atoms with E-state index in [1.807, 2.05) is 6.07 Å². The van der Waals surface area contributed by atoms with Crippen molar-refractivity contribution in [2.75, 3.05) is 13.1 Å². The van der Waals surface area contributed by atoms with Crippen LogP contribution < -0.4 is 0 Å². The monoisotopic (exact) mass is 205 g/mol. The van der Waals surface area contributed by atoms with Crippen LogP contribution in [0.5, 0.6) is 0 Å². The van der Waals surface area contributed by atoms with Crippen LogP contribution in [0.3, 0.4) is 0 Å². The fourth-order valence-electron chi connectivity index (χ4n) is 2.40. The van der Waals surface area contributed by atoms with Crippen molar-refractivity contribution in [3.05, 3.63) is 35.9 Å². The van der Waals surface area contributed by atoms with Crippen LogP contribution in [0.25, 0.3) is 0 Å². The Morgan fingerprint density at radius 2 is 2.00 bits per heavy atom. The van der Waals surface area contributed by atoms with Gasteiger partial charge in [-0.15, -0.1) is 0 Å². The summed E-state index contributed by atoms with van der Waals surface area (Å²) in [5.41, 5.74) is 1.33. The van der Waals surface area contributed by atoms with Gasteiger partial charge < -0.3 is 5.11 Å². The highest BCUT2D eigenvalue weighted by molar-refractivity contribution is 5.14. The van der Waals surface area contributed by atoms with Crippen LogP contribution in [-0.2, 0) is 6.54 Å². The summed E-state index contributed by atoms with van der Waals surface area (Å²) >= 11 is 0. The van der Waals surface area contributed by atoms with Gasteiger partial charge in [0.15, 0.2) is 0 Å². The molecule has 1 aliphatic heterocycles. The van der Waals surface area contributed by atoms with E-state index in [-0.39, 0.29) is 6.10 Å². The Bertz CT molecular complexity index is 289. The van der Waals surface area contributed by atoms with Crippen LogP contribution in [0.4, 0.5) is 0 Å². The maximum Gasteiger partial charge on any atom is 0.0670 e. The third-order valence-corrected chi connectivity index (χ3v) is 2.96. The number of aliphatic hydroxyl groups excluding tert-OH is 1. The molecular weight excluding hydrogens is 186 g/mol. The van der Waals surface area contributed by atoms with Crippen LogP contribution in [0.1, 0.15) is 18.9 Å². The van der Waals surface area contributed by atoms with Crippen molar-refractivity contribution in [1.29, 1.82) is 0 Å². The Hall–Kier alpha value is -0.860. The lowest BCUT2D eigenvalue weighted by molar-refractivity contribution is 0.0409. The molecule has 1 aromatic carbocycles. The molecule has 2 nitrogen and oxygen atoms in total. The molecular formula is C13H19NO. The second-order valence-corrected chi connectivity index (χ2v) is 4.67. The second kappa shape index (κ2) is 4.77. The summed E-state index contributed by atoms with van der Waals surface area (Å²) in [4.78, 5) is 2.34. The summed E-state index contributed by atoms with van der Waals surface area (Å²) < 4.78 is 0. The Balaban J connectivity index is 1.94. The molecule has 82 valence electrons. The summed E-state index contributed by atoms with van der Waals surface area (Å²) in [5.74, 6) is 0.609. The molecule has 2 unspecified atom stereocenters. The van der Waals surface area contributed by atoms with Crippen LogP contribution >= 0.6 is 0 Å². The van der Waals surface area contributed by atoms with Gasteiger partial charge in [-0.1, -0.05) is 37.3 Å². The number of rotatable bonds is 2. The van der Waals surface area contributed by atoms with Gasteiger partial charge >= 0.3 is 0 Å². The van der Waals surface area contributed by atoms with Gasteiger partial charge in [-0.25, -0.2) is 0 Å². The van der Waals surface area contributed by atoms with Crippen LogP contribution in [-0.4, -0.2) is 29.2 Å². The van der Waals surface area contributed by atoms with E-state index >= 15 is 0 Å². The van der Waals surface area contributed by atoms with Crippen LogP contribution in [0.15, 0.2) is 30.3 Å². The maximum atomic E-state index is 9.69. The SMILES string of the molecule is CC1CC(O)CN(Cc2ccccc2)C1. The van der Waals surface area contributed by atoms with Crippen molar-refractivity contribution in [1.82, 2.24) is 4.90 Å². The molecule has 2 heteroatoms. The average Bonchev–Trinajstić information content (AvgIpc) is 2.17. The van der Waals surface area contributed by atoms with Gasteiger partial charge in [0.2, 0.25) is 0 Å². The first-order chi connectivity index (χ1) is 7.24. The van der Waals surface area contributed by atoms with Gasteiger partial charge in [-0.3, -0.25) is 4.90 Å². The number of likely N-dealkylation sites (tertiary alicyclic amines) is 1. The van der Waals surface area contributed by atoms with E-state index in [0.29, 0.717) is 5.92 Å². The van der Waals surface area contributed by atoms with E-state index in [1.54, 1.807) is 0 Å². The lowest BCUT2D eigenvalue weighted by atomic mass is 9.97. The van der Waals surface area contributed by atoms with E-state index in [2.05, 4.69) is 36.1 Å². The summed E-state index contributed by atoms with van der Waals surface area (Å²) in [5, 5.41) is 9.69. The fraction of sp³-hybridized carbons (Fsp3) is 0.538. The standard InChI is InChI=1S/C13H19NO/c1-11-7-13(15)10-14(8-11)9-12-5-3-2-4-6-12/h2-6,11,13,15H,7-10H2,1H3. The highest BCUT2D eigenvalue weighted by Gasteiger charge is 2.22. The molecule has 2 rings (SSSR count). The molecule has 15 heavy (non-hydrogen) atoms. The Morgan fingerprint density at radius 1 is 1.27 bits per heavy atom. The molecule has 0 spiro atoms. The molecule has 0 saturated carbocycles. The molecule has 1 N–H and O–H groups in total. The third kappa shape index (κ3) is 3.05. The number of β-amino-alcohol motifs (C(OH)–C–C–N with tert-alkyl or cyclic N) is 1. The molecule has 1 aromatic rings. The zero-order valence-electron chi connectivity index (χ0n) is 9.26. The van der Waals surface area contributed by atoms with Crippen molar-refractivity contribution in [2.24, 2.45) is 5.92 Å². The molecule has 0 aliphatic carbocycles. The minimum atomic E-state index is -0.141. The summed E-state index contributed by atoms with van der Waals surface area (Å²) in [7, 11) is 0. The van der Waals surface area contributed by atoms with E-state index in [0.717, 1.165) is 26.1 Å². The van der Waals surface area contributed by atoms with Crippen molar-refractivity contribution < 1.29 is 5.11 Å². The van der Waals surface area contributed by atoms with E-state index in [9.17, 15) is 5.11 Å². The summed E-state index contributed by atoms with van der Waals surface area (Å²) in [6, 6.07) is 10.5. The summed E-state index contributed by atoms with van der Waals surface area (Å²) in [6.45, 7) is 5.09. The third-order valence-electron chi connectivity index (χ3n) is 2.96. The van der Waals surface area contributed by atoms with Gasteiger partial charge in [0, 0.05) is 19.6 Å². The number of aliphatic hydroxyl groups is 1. The molecule has 0 amide bonds. The molecule has 0 radical (unpaired) electrons. The Labute approximate surface area is 91.5 Å². The normalized spacial score (nSPS) is 27.9. The average molecular weight is 205 g/mol. The summed E-state index contributed by atoms with van der Waals surface area (Å²) in [6.07, 6.45) is 0.808. The van der Waals surface area contributed by atoms with Gasteiger partial charge in [-0.2, -0.15) is 0 Å². The zero-order chi connectivity index (χ0) is 10.7. The quantitative estimate of drug-likeness (QED) is 0.797. The van der Waals surface area contributed by atoms with Gasteiger partial charge in [0.05, 0.1) is 6.10 Å². The largest absolute Gasteiger partial charge is 0.392 e. The number of hydrogen-bond donors (Lipinski definition) is 1. The van der Waals surface area contributed by atoms with Crippen molar-refractivity contribution in [3.8, 4) is 0 Å². The number of nitrogens with zero attached hydrogens (tertiary/aromatic N) is 1. The van der Waals surface area contributed by atoms with Gasteiger partial charge in [0.25, 0.3) is 0 Å². The topological polar surface area (TPSA) is 23.5 Å². The van der Waals surface area contributed by atoms with Gasteiger partial charge in [0.1, 0.15) is 0 Å². The number of piperidine rings is 1. The van der Waals surface area contributed by atoms with Crippen LogP contribution in [0.2, 0.25) is 0 Å². The first-order valence-corrected chi connectivity index (χ1v) is 5.68. The van der Waals surface area contributed by atoms with E-state index in [4.69, 9.17) is 0 Å². The molecule has 2 atom stereocenters. The van der Waals surface area contributed by atoms with Gasteiger partial charge in [-0.05, 0) is 17.9 Å². The predicted octanol–water partition coefficient (Wildman–Crippen LogP) is 1.89. The first-order valence-electron chi connectivity index (χ1n) is 5.68. The highest BCUT2D eigenvalue weighted by atomic mass is 16.3. The van der Waals surface area contributed by atoms with Crippen molar-refractivity contribution in [2.45, 2.75) is 26.0 Å². The van der Waals surface area contributed by atoms with E-state index in [1.165, 1.54) is 5.56 Å². The fourth-order valence-corrected chi connectivity index (χ4v) is 2.40. The molecule has 0 bridgehead atoms. The molecule has 0 aromatic heterocycles. The van der Waals surface area contributed by atoms with Crippen molar-refractivity contribution in [3.63, 3.8) is 0 Å². The number of hydrogen-bond acceptors (Lipinski definition) is 2. The van der Waals surface area contributed by atoms with Crippen LogP contribution in [0, 0.1) is 5.92 Å². The Kier molecular flexibility index (Phi) is 3.39. The first kappa shape index (κ1) is 10.7. The van der Waals surface area contributed by atoms with E-state index < -0.39 is 0 Å². The smallest absolute Gasteiger partial charge is 0.0670 e.